The van der Waals surface area contributed by atoms with Crippen molar-refractivity contribution in [1.29, 1.82) is 0 Å². The van der Waals surface area contributed by atoms with Crippen molar-refractivity contribution >= 4 is 5.91 Å². The molecule has 1 aliphatic rings. The largest absolute Gasteiger partial charge is 0.492 e. The number of carbonyl (C=O) groups excluding carboxylic acids is 1. The van der Waals surface area contributed by atoms with Crippen LogP contribution in [0.3, 0.4) is 0 Å². The van der Waals surface area contributed by atoms with Gasteiger partial charge in [-0.2, -0.15) is 0 Å². The lowest BCUT2D eigenvalue weighted by atomic mass is 10.0. The maximum Gasteiger partial charge on any atom is 0.247 e. The normalized spacial score (nSPS) is 13.7. The molecule has 4 heteroatoms. The van der Waals surface area contributed by atoms with E-state index in [4.69, 9.17) is 4.74 Å². The van der Waals surface area contributed by atoms with Crippen molar-refractivity contribution in [3.63, 3.8) is 0 Å². The van der Waals surface area contributed by atoms with Crippen molar-refractivity contribution in [3.05, 3.63) is 41.0 Å². The second-order valence-corrected chi connectivity index (χ2v) is 4.75. The average Bonchev–Trinajstić information content (AvgIpc) is 2.32. The van der Waals surface area contributed by atoms with Gasteiger partial charge in [0.2, 0.25) is 5.91 Å². The van der Waals surface area contributed by atoms with Gasteiger partial charge in [-0.3, -0.25) is 4.79 Å². The van der Waals surface area contributed by atoms with Gasteiger partial charge in [-0.1, -0.05) is 12.1 Å². The number of aryl methyl sites for hydroxylation is 1. The zero-order valence-corrected chi connectivity index (χ0v) is 11.5. The minimum absolute atomic E-state index is 0.00402. The molecule has 102 valence electrons. The van der Waals surface area contributed by atoms with Crippen molar-refractivity contribution in [2.45, 2.75) is 13.8 Å². The fraction of sp³-hybridized carbons (Fsp3) is 0.400. The molecule has 0 atom stereocenters. The molecule has 2 rings (SSSR count). The Morgan fingerprint density at radius 1 is 1.42 bits per heavy atom. The van der Waals surface area contributed by atoms with Crippen molar-refractivity contribution in [2.75, 3.05) is 26.2 Å². The van der Waals surface area contributed by atoms with Gasteiger partial charge in [0.1, 0.15) is 12.4 Å². The molecule has 0 bridgehead atoms. The molecule has 0 spiro atoms. The molecule has 2 N–H and O–H groups in total. The quantitative estimate of drug-likeness (QED) is 0.621. The topological polar surface area (TPSA) is 50.4 Å². The highest BCUT2D eigenvalue weighted by Crippen LogP contribution is 2.12. The maximum atomic E-state index is 11.8. The van der Waals surface area contributed by atoms with Crippen LogP contribution >= 0.6 is 0 Å². The van der Waals surface area contributed by atoms with Gasteiger partial charge in [0.05, 0.1) is 6.54 Å². The third kappa shape index (κ3) is 3.83. The molecule has 0 aromatic heterocycles. The number of hydrogen-bond acceptors (Lipinski definition) is 3. The highest BCUT2D eigenvalue weighted by molar-refractivity contribution is 5.93. The Labute approximate surface area is 113 Å². The van der Waals surface area contributed by atoms with Crippen LogP contribution in [0.2, 0.25) is 0 Å². The van der Waals surface area contributed by atoms with E-state index < -0.39 is 0 Å². The summed E-state index contributed by atoms with van der Waals surface area (Å²) in [6.07, 6.45) is 0. The van der Waals surface area contributed by atoms with Crippen LogP contribution in [0.1, 0.15) is 12.5 Å². The lowest BCUT2D eigenvalue weighted by Crippen LogP contribution is -2.38. The number of nitrogens with one attached hydrogen (secondary N) is 2. The number of rotatable bonds is 5. The zero-order chi connectivity index (χ0) is 13.7. The van der Waals surface area contributed by atoms with Crippen LogP contribution in [-0.2, 0) is 4.79 Å². The van der Waals surface area contributed by atoms with Crippen LogP contribution in [0.15, 0.2) is 35.4 Å². The van der Waals surface area contributed by atoms with Crippen LogP contribution in [0, 0.1) is 6.92 Å². The summed E-state index contributed by atoms with van der Waals surface area (Å²) in [6.45, 7) is 6.56. The van der Waals surface area contributed by atoms with Crippen molar-refractivity contribution in [2.24, 2.45) is 0 Å². The van der Waals surface area contributed by atoms with E-state index >= 15 is 0 Å². The van der Waals surface area contributed by atoms with Crippen LogP contribution in [0.5, 0.6) is 5.75 Å². The number of benzene rings is 1. The summed E-state index contributed by atoms with van der Waals surface area (Å²) >= 11 is 0. The van der Waals surface area contributed by atoms with E-state index in [1.54, 1.807) is 0 Å². The SMILES string of the molecule is CC(C(=O)NCCOc1cccc(C)c1)=C1CNC1. The van der Waals surface area contributed by atoms with Crippen molar-refractivity contribution in [3.8, 4) is 5.75 Å². The summed E-state index contributed by atoms with van der Waals surface area (Å²) in [7, 11) is 0. The Balaban J connectivity index is 1.71. The molecule has 4 nitrogen and oxygen atoms in total. The molecule has 0 unspecified atom stereocenters. The number of hydrogen-bond donors (Lipinski definition) is 2. The summed E-state index contributed by atoms with van der Waals surface area (Å²) in [4.78, 5) is 11.8. The molecule has 1 aromatic rings. The minimum atomic E-state index is 0.00402. The Morgan fingerprint density at radius 3 is 2.84 bits per heavy atom. The molecule has 1 aromatic carbocycles. The number of carbonyl (C=O) groups is 1. The van der Waals surface area contributed by atoms with Gasteiger partial charge >= 0.3 is 0 Å². The standard InChI is InChI=1S/C15H20N2O2/c1-11-4-3-5-14(8-11)19-7-6-17-15(18)12(2)13-9-16-10-13/h3-5,8,16H,6-7,9-10H2,1-2H3,(H,17,18). The smallest absolute Gasteiger partial charge is 0.247 e. The van der Waals surface area contributed by atoms with Gasteiger partial charge < -0.3 is 15.4 Å². The second kappa shape index (κ2) is 6.38. The van der Waals surface area contributed by atoms with Gasteiger partial charge in [-0.15, -0.1) is 0 Å². The van der Waals surface area contributed by atoms with E-state index in [0.717, 1.165) is 24.4 Å². The van der Waals surface area contributed by atoms with E-state index in [2.05, 4.69) is 10.6 Å². The summed E-state index contributed by atoms with van der Waals surface area (Å²) < 4.78 is 5.57. The summed E-state index contributed by atoms with van der Waals surface area (Å²) in [6, 6.07) is 7.88. The Morgan fingerprint density at radius 2 is 2.21 bits per heavy atom. The molecule has 0 aliphatic carbocycles. The summed E-state index contributed by atoms with van der Waals surface area (Å²) in [5.74, 6) is 0.844. The van der Waals surface area contributed by atoms with Crippen LogP contribution in [0.4, 0.5) is 0 Å². The van der Waals surface area contributed by atoms with Crippen molar-refractivity contribution in [1.82, 2.24) is 10.6 Å². The third-order valence-corrected chi connectivity index (χ3v) is 3.19. The second-order valence-electron chi connectivity index (χ2n) is 4.75. The van der Waals surface area contributed by atoms with Crippen LogP contribution in [-0.4, -0.2) is 32.1 Å². The molecule has 1 fully saturated rings. The third-order valence-electron chi connectivity index (χ3n) is 3.19. The Kier molecular flexibility index (Phi) is 4.58. The van der Waals surface area contributed by atoms with Gasteiger partial charge in [0, 0.05) is 18.7 Å². The van der Waals surface area contributed by atoms with E-state index in [-0.39, 0.29) is 5.91 Å². The first-order valence-electron chi connectivity index (χ1n) is 6.54. The van der Waals surface area contributed by atoms with Crippen LogP contribution < -0.4 is 15.4 Å². The summed E-state index contributed by atoms with van der Waals surface area (Å²) in [5.41, 5.74) is 3.19. The number of amides is 1. The predicted molar refractivity (Wildman–Crippen MR) is 75.3 cm³/mol. The van der Waals surface area contributed by atoms with Gasteiger partial charge in [0.25, 0.3) is 0 Å². The van der Waals surface area contributed by atoms with Gasteiger partial charge in [0.15, 0.2) is 0 Å². The molecule has 19 heavy (non-hydrogen) atoms. The molecule has 1 heterocycles. The van der Waals surface area contributed by atoms with E-state index in [0.29, 0.717) is 13.2 Å². The molecule has 1 aliphatic heterocycles. The maximum absolute atomic E-state index is 11.8. The molecular weight excluding hydrogens is 240 g/mol. The fourth-order valence-corrected chi connectivity index (χ4v) is 1.85. The molecule has 0 saturated carbocycles. The first-order valence-corrected chi connectivity index (χ1v) is 6.54. The first-order chi connectivity index (χ1) is 9.16. The van der Waals surface area contributed by atoms with E-state index in [1.807, 2.05) is 38.1 Å². The zero-order valence-electron chi connectivity index (χ0n) is 11.5. The van der Waals surface area contributed by atoms with E-state index in [1.165, 1.54) is 11.1 Å². The number of ether oxygens (including phenoxy) is 1. The predicted octanol–water partition coefficient (Wildman–Crippen LogP) is 1.41. The Hall–Kier alpha value is -1.81. The molecular formula is C15H20N2O2. The van der Waals surface area contributed by atoms with Gasteiger partial charge in [-0.25, -0.2) is 0 Å². The molecule has 1 saturated heterocycles. The fourth-order valence-electron chi connectivity index (χ4n) is 1.85. The van der Waals surface area contributed by atoms with Crippen LogP contribution in [0.25, 0.3) is 0 Å². The lowest BCUT2D eigenvalue weighted by Gasteiger charge is -2.21. The highest BCUT2D eigenvalue weighted by atomic mass is 16.5. The van der Waals surface area contributed by atoms with E-state index in [9.17, 15) is 4.79 Å². The summed E-state index contributed by atoms with van der Waals surface area (Å²) in [5, 5.41) is 6.00. The monoisotopic (exact) mass is 260 g/mol. The average molecular weight is 260 g/mol. The molecule has 1 amide bonds. The highest BCUT2D eigenvalue weighted by Gasteiger charge is 2.15. The van der Waals surface area contributed by atoms with Gasteiger partial charge in [-0.05, 0) is 37.1 Å². The Bertz CT molecular complexity index is 489. The first kappa shape index (κ1) is 13.6. The minimum Gasteiger partial charge on any atom is -0.492 e. The molecule has 0 radical (unpaired) electrons. The lowest BCUT2D eigenvalue weighted by molar-refractivity contribution is -0.117. The van der Waals surface area contributed by atoms with Crippen molar-refractivity contribution < 1.29 is 9.53 Å².